The summed E-state index contributed by atoms with van der Waals surface area (Å²) in [6, 6.07) is 0. The van der Waals surface area contributed by atoms with Crippen molar-refractivity contribution in [1.29, 1.82) is 0 Å². The lowest BCUT2D eigenvalue weighted by molar-refractivity contribution is -0.0355. The third-order valence-corrected chi connectivity index (χ3v) is 2.69. The molecule has 0 bridgehead atoms. The van der Waals surface area contributed by atoms with Crippen LogP contribution in [0, 0.1) is 5.82 Å². The van der Waals surface area contributed by atoms with Gasteiger partial charge < -0.3 is 20.7 Å². The predicted molar refractivity (Wildman–Crippen MR) is 65.8 cm³/mol. The van der Waals surface area contributed by atoms with E-state index in [1.165, 1.54) is 6.92 Å². The normalized spacial score (nSPS) is 29.8. The summed E-state index contributed by atoms with van der Waals surface area (Å²) in [5.74, 6) is -1.42. The molecule has 8 heteroatoms. The summed E-state index contributed by atoms with van der Waals surface area (Å²) in [6.45, 7) is 5.53. The predicted octanol–water partition coefficient (Wildman–Crippen LogP) is -0.370. The lowest BCUT2D eigenvalue weighted by Gasteiger charge is -2.17. The number of hydrogen-bond acceptors (Lipinski definition) is 6. The molecule has 0 aliphatic carbocycles. The number of aromatic nitrogens is 2. The van der Waals surface area contributed by atoms with Gasteiger partial charge in [-0.25, -0.2) is 9.18 Å². The second kappa shape index (κ2) is 6.09. The molecule has 1 saturated heterocycles. The van der Waals surface area contributed by atoms with E-state index in [9.17, 15) is 19.4 Å². The number of nitrogens with two attached hydrogens (primary N) is 1. The standard InChI is InChI=1S/C9H12FN3O4.C2H6/c1-3-5(14)6(15)8(17-3)13-2-4(10)7(11)12-9(13)16;1-2/h2-3,5-6,8,14-15H,1H3,(H2,11,12,16);1-2H3/t3-,5-,6-,8?;/m1./s1. The summed E-state index contributed by atoms with van der Waals surface area (Å²) in [4.78, 5) is 14.7. The first-order valence-corrected chi connectivity index (χ1v) is 5.97. The summed E-state index contributed by atoms with van der Waals surface area (Å²) < 4.78 is 19.1. The summed E-state index contributed by atoms with van der Waals surface area (Å²) >= 11 is 0. The van der Waals surface area contributed by atoms with E-state index in [-0.39, 0.29) is 0 Å². The molecular formula is C11H18FN3O4. The van der Waals surface area contributed by atoms with Crippen LogP contribution < -0.4 is 11.4 Å². The average molecular weight is 275 g/mol. The minimum atomic E-state index is -1.33. The van der Waals surface area contributed by atoms with Gasteiger partial charge in [0, 0.05) is 0 Å². The molecule has 0 saturated carbocycles. The lowest BCUT2D eigenvalue weighted by atomic mass is 10.1. The Morgan fingerprint density at radius 2 is 2.00 bits per heavy atom. The highest BCUT2D eigenvalue weighted by molar-refractivity contribution is 5.26. The Labute approximate surface area is 109 Å². The largest absolute Gasteiger partial charge is 0.388 e. The van der Waals surface area contributed by atoms with Crippen LogP contribution in [0.25, 0.3) is 0 Å². The van der Waals surface area contributed by atoms with Crippen molar-refractivity contribution in [3.8, 4) is 0 Å². The Hall–Kier alpha value is -1.51. The molecule has 0 spiro atoms. The molecule has 108 valence electrons. The van der Waals surface area contributed by atoms with Gasteiger partial charge in [-0.2, -0.15) is 4.98 Å². The molecule has 0 amide bonds. The smallest absolute Gasteiger partial charge is 0.351 e. The van der Waals surface area contributed by atoms with Crippen LogP contribution in [-0.4, -0.2) is 38.1 Å². The highest BCUT2D eigenvalue weighted by Gasteiger charge is 2.41. The Morgan fingerprint density at radius 1 is 1.42 bits per heavy atom. The van der Waals surface area contributed by atoms with Crippen molar-refractivity contribution in [3.05, 3.63) is 22.5 Å². The minimum Gasteiger partial charge on any atom is -0.388 e. The average Bonchev–Trinajstić information content (AvgIpc) is 2.64. The van der Waals surface area contributed by atoms with Gasteiger partial charge in [0.25, 0.3) is 0 Å². The van der Waals surface area contributed by atoms with E-state index in [0.717, 1.165) is 10.8 Å². The number of halogens is 1. The monoisotopic (exact) mass is 275 g/mol. The molecule has 1 aromatic rings. The molecule has 1 fully saturated rings. The van der Waals surface area contributed by atoms with Gasteiger partial charge in [-0.3, -0.25) is 4.57 Å². The molecule has 1 aliphatic rings. The van der Waals surface area contributed by atoms with E-state index in [1.54, 1.807) is 0 Å². The van der Waals surface area contributed by atoms with Crippen LogP contribution >= 0.6 is 0 Å². The first kappa shape index (κ1) is 15.5. The molecule has 2 rings (SSSR count). The molecule has 2 heterocycles. The van der Waals surface area contributed by atoms with Crippen LogP contribution in [0.15, 0.2) is 11.0 Å². The Kier molecular flexibility index (Phi) is 4.98. The maximum absolute atomic E-state index is 13.2. The van der Waals surface area contributed by atoms with Gasteiger partial charge in [0.05, 0.1) is 12.3 Å². The van der Waals surface area contributed by atoms with E-state index in [0.29, 0.717) is 0 Å². The first-order chi connectivity index (χ1) is 8.91. The molecule has 4 N–H and O–H groups in total. The molecule has 0 aromatic carbocycles. The number of rotatable bonds is 1. The molecule has 4 atom stereocenters. The van der Waals surface area contributed by atoms with Crippen molar-refractivity contribution < 1.29 is 19.3 Å². The highest BCUT2D eigenvalue weighted by Crippen LogP contribution is 2.28. The zero-order chi connectivity index (χ0) is 14.7. The fourth-order valence-corrected chi connectivity index (χ4v) is 1.70. The first-order valence-electron chi connectivity index (χ1n) is 5.97. The third kappa shape index (κ3) is 2.91. The third-order valence-electron chi connectivity index (χ3n) is 2.69. The highest BCUT2D eigenvalue weighted by atomic mass is 19.1. The minimum absolute atomic E-state index is 0.521. The molecule has 19 heavy (non-hydrogen) atoms. The molecular weight excluding hydrogens is 257 g/mol. The zero-order valence-corrected chi connectivity index (χ0v) is 10.9. The van der Waals surface area contributed by atoms with Crippen molar-refractivity contribution in [2.45, 2.75) is 45.3 Å². The van der Waals surface area contributed by atoms with Crippen LogP contribution in [0.3, 0.4) is 0 Å². The van der Waals surface area contributed by atoms with Gasteiger partial charge in [-0.15, -0.1) is 0 Å². The van der Waals surface area contributed by atoms with Gasteiger partial charge in [-0.1, -0.05) is 13.8 Å². The Bertz CT molecular complexity index is 493. The van der Waals surface area contributed by atoms with E-state index in [2.05, 4.69) is 4.98 Å². The number of aliphatic hydroxyl groups is 2. The van der Waals surface area contributed by atoms with E-state index in [4.69, 9.17) is 10.5 Å². The van der Waals surface area contributed by atoms with Crippen molar-refractivity contribution in [1.82, 2.24) is 9.55 Å². The molecule has 0 radical (unpaired) electrons. The second-order valence-electron chi connectivity index (χ2n) is 3.88. The van der Waals surface area contributed by atoms with E-state index in [1.807, 2.05) is 13.8 Å². The summed E-state index contributed by atoms with van der Waals surface area (Å²) in [5.41, 5.74) is 4.27. The topological polar surface area (TPSA) is 111 Å². The summed E-state index contributed by atoms with van der Waals surface area (Å²) in [5, 5.41) is 19.1. The number of aliphatic hydroxyl groups excluding tert-OH is 2. The van der Waals surface area contributed by atoms with Crippen LogP contribution in [-0.2, 0) is 4.74 Å². The maximum Gasteiger partial charge on any atom is 0.351 e. The zero-order valence-electron chi connectivity index (χ0n) is 10.9. The number of nitrogens with zero attached hydrogens (tertiary/aromatic N) is 2. The quantitative estimate of drug-likeness (QED) is 0.645. The number of nitrogen functional groups attached to an aromatic ring is 1. The van der Waals surface area contributed by atoms with Crippen molar-refractivity contribution in [2.24, 2.45) is 0 Å². The lowest BCUT2D eigenvalue weighted by Crippen LogP contribution is -2.35. The van der Waals surface area contributed by atoms with E-state index >= 15 is 0 Å². The van der Waals surface area contributed by atoms with Crippen molar-refractivity contribution in [3.63, 3.8) is 0 Å². The summed E-state index contributed by atoms with van der Waals surface area (Å²) in [6.07, 6.45) is -3.51. The van der Waals surface area contributed by atoms with Crippen molar-refractivity contribution in [2.75, 3.05) is 5.73 Å². The molecule has 1 aromatic heterocycles. The molecule has 1 aliphatic heterocycles. The number of ether oxygens (including phenoxy) is 1. The SMILES string of the molecule is CC.C[C@H]1OC(n2cc(F)c(N)nc2=O)[C@H](O)[C@@H]1O. The maximum atomic E-state index is 13.2. The van der Waals surface area contributed by atoms with Crippen LogP contribution in [0.4, 0.5) is 10.2 Å². The number of hydrogen-bond donors (Lipinski definition) is 3. The van der Waals surface area contributed by atoms with Crippen molar-refractivity contribution >= 4 is 5.82 Å². The summed E-state index contributed by atoms with van der Waals surface area (Å²) in [7, 11) is 0. The van der Waals surface area contributed by atoms with E-state index < -0.39 is 41.9 Å². The Morgan fingerprint density at radius 3 is 2.47 bits per heavy atom. The fraction of sp³-hybridized carbons (Fsp3) is 0.636. The van der Waals surface area contributed by atoms with Gasteiger partial charge in [-0.05, 0) is 6.92 Å². The van der Waals surface area contributed by atoms with Gasteiger partial charge in [0.2, 0.25) is 0 Å². The van der Waals surface area contributed by atoms with Crippen LogP contribution in [0.5, 0.6) is 0 Å². The number of anilines is 1. The van der Waals surface area contributed by atoms with Gasteiger partial charge in [0.15, 0.2) is 17.9 Å². The van der Waals surface area contributed by atoms with Crippen LogP contribution in [0.1, 0.15) is 27.0 Å². The molecule has 7 nitrogen and oxygen atoms in total. The van der Waals surface area contributed by atoms with Crippen LogP contribution in [0.2, 0.25) is 0 Å². The second-order valence-corrected chi connectivity index (χ2v) is 3.88. The van der Waals surface area contributed by atoms with Gasteiger partial charge >= 0.3 is 5.69 Å². The Balaban J connectivity index is 0.000000861. The molecule has 1 unspecified atom stereocenters. The fourth-order valence-electron chi connectivity index (χ4n) is 1.70. The van der Waals surface area contributed by atoms with Gasteiger partial charge in [0.1, 0.15) is 12.2 Å².